The predicted octanol–water partition coefficient (Wildman–Crippen LogP) is 2.03. The lowest BCUT2D eigenvalue weighted by Gasteiger charge is -2.13. The number of aliphatic carboxylic acids is 1. The van der Waals surface area contributed by atoms with Gasteiger partial charge < -0.3 is 19.9 Å². The van der Waals surface area contributed by atoms with Crippen molar-refractivity contribution in [3.05, 3.63) is 36.4 Å². The summed E-state index contributed by atoms with van der Waals surface area (Å²) >= 11 is 0. The Labute approximate surface area is 136 Å². The molecule has 0 spiro atoms. The molecular formula is C17H23NO5. The Balaban J connectivity index is 2.49. The molecule has 0 bridgehead atoms. The van der Waals surface area contributed by atoms with Gasteiger partial charge >= 0.3 is 5.97 Å². The van der Waals surface area contributed by atoms with Gasteiger partial charge in [0.1, 0.15) is 0 Å². The molecule has 0 heterocycles. The number of nitrogens with one attached hydrogen (secondary N) is 1. The Kier molecular flexibility index (Phi) is 7.66. The molecule has 0 saturated carbocycles. The molecule has 6 nitrogen and oxygen atoms in total. The van der Waals surface area contributed by atoms with Gasteiger partial charge in [-0.15, -0.1) is 6.58 Å². The molecule has 0 radical (unpaired) electrons. The molecule has 2 N–H and O–H groups in total. The Morgan fingerprint density at radius 2 is 2.13 bits per heavy atom. The molecule has 0 saturated heterocycles. The molecule has 6 heteroatoms. The van der Waals surface area contributed by atoms with Crippen molar-refractivity contribution >= 4 is 11.9 Å². The fraction of sp³-hybridized carbons (Fsp3) is 0.412. The van der Waals surface area contributed by atoms with E-state index in [9.17, 15) is 9.59 Å². The van der Waals surface area contributed by atoms with E-state index < -0.39 is 5.97 Å². The van der Waals surface area contributed by atoms with Gasteiger partial charge in [0.15, 0.2) is 18.1 Å². The van der Waals surface area contributed by atoms with Crippen LogP contribution in [-0.2, 0) is 16.0 Å². The van der Waals surface area contributed by atoms with Crippen molar-refractivity contribution in [3.8, 4) is 11.5 Å². The van der Waals surface area contributed by atoms with Crippen LogP contribution in [-0.4, -0.2) is 37.2 Å². The Hall–Kier alpha value is -2.50. The maximum atomic E-state index is 11.7. The van der Waals surface area contributed by atoms with Crippen LogP contribution in [0.2, 0.25) is 0 Å². The molecule has 1 unspecified atom stereocenters. The number of amides is 1. The number of rotatable bonds is 10. The lowest BCUT2D eigenvalue weighted by Crippen LogP contribution is -2.33. The summed E-state index contributed by atoms with van der Waals surface area (Å²) in [6.07, 6.45) is 2.53. The highest BCUT2D eigenvalue weighted by Gasteiger charge is 2.11. The first-order valence-electron chi connectivity index (χ1n) is 7.35. The van der Waals surface area contributed by atoms with E-state index in [0.717, 1.165) is 12.0 Å². The Morgan fingerprint density at radius 1 is 1.39 bits per heavy atom. The minimum absolute atomic E-state index is 0.0136. The van der Waals surface area contributed by atoms with Crippen molar-refractivity contribution in [2.45, 2.75) is 19.8 Å². The molecule has 1 rings (SSSR count). The highest BCUT2D eigenvalue weighted by atomic mass is 16.5. The fourth-order valence-corrected chi connectivity index (χ4v) is 1.98. The smallest absolute Gasteiger partial charge is 0.303 e. The molecule has 0 aliphatic heterocycles. The van der Waals surface area contributed by atoms with Crippen molar-refractivity contribution in [1.29, 1.82) is 0 Å². The van der Waals surface area contributed by atoms with Gasteiger partial charge in [-0.25, -0.2) is 0 Å². The van der Waals surface area contributed by atoms with Gasteiger partial charge in [0.2, 0.25) is 0 Å². The van der Waals surface area contributed by atoms with Gasteiger partial charge in [0, 0.05) is 13.0 Å². The number of hydrogen-bond acceptors (Lipinski definition) is 4. The van der Waals surface area contributed by atoms with Crippen molar-refractivity contribution in [2.24, 2.45) is 5.92 Å². The zero-order valence-electron chi connectivity index (χ0n) is 13.5. The van der Waals surface area contributed by atoms with E-state index >= 15 is 0 Å². The van der Waals surface area contributed by atoms with Crippen LogP contribution >= 0.6 is 0 Å². The summed E-state index contributed by atoms with van der Waals surface area (Å²) in [6, 6.07) is 5.47. The number of hydrogen-bond donors (Lipinski definition) is 2. The molecule has 0 fully saturated rings. The highest BCUT2D eigenvalue weighted by molar-refractivity contribution is 5.77. The molecule has 1 atom stereocenters. The van der Waals surface area contributed by atoms with E-state index in [2.05, 4.69) is 11.9 Å². The van der Waals surface area contributed by atoms with E-state index in [-0.39, 0.29) is 24.9 Å². The van der Waals surface area contributed by atoms with Crippen LogP contribution in [0.5, 0.6) is 11.5 Å². The SMILES string of the molecule is C=CCc1ccc(OCC(=O)NCC(C)CC(=O)O)c(OC)c1. The molecule has 23 heavy (non-hydrogen) atoms. The van der Waals surface area contributed by atoms with E-state index in [4.69, 9.17) is 14.6 Å². The maximum Gasteiger partial charge on any atom is 0.303 e. The van der Waals surface area contributed by atoms with Crippen LogP contribution in [0.3, 0.4) is 0 Å². The number of ether oxygens (including phenoxy) is 2. The van der Waals surface area contributed by atoms with Gasteiger partial charge in [-0.1, -0.05) is 19.1 Å². The first-order valence-corrected chi connectivity index (χ1v) is 7.35. The van der Waals surface area contributed by atoms with Gasteiger partial charge in [0.25, 0.3) is 5.91 Å². The van der Waals surface area contributed by atoms with Crippen LogP contribution in [0.15, 0.2) is 30.9 Å². The molecule has 1 aromatic carbocycles. The Bertz CT molecular complexity index is 556. The molecule has 0 aliphatic carbocycles. The van der Waals surface area contributed by atoms with E-state index in [1.807, 2.05) is 12.1 Å². The van der Waals surface area contributed by atoms with Gasteiger partial charge in [0.05, 0.1) is 7.11 Å². The summed E-state index contributed by atoms with van der Waals surface area (Å²) in [5.41, 5.74) is 1.04. The molecule has 0 aromatic heterocycles. The number of carbonyl (C=O) groups excluding carboxylic acids is 1. The zero-order valence-corrected chi connectivity index (χ0v) is 13.5. The number of carbonyl (C=O) groups is 2. The highest BCUT2D eigenvalue weighted by Crippen LogP contribution is 2.28. The van der Waals surface area contributed by atoms with Crippen LogP contribution in [0.25, 0.3) is 0 Å². The predicted molar refractivity (Wildman–Crippen MR) is 86.8 cm³/mol. The first-order chi connectivity index (χ1) is 11.0. The summed E-state index contributed by atoms with van der Waals surface area (Å²) in [7, 11) is 1.54. The molecule has 1 aromatic rings. The number of methoxy groups -OCH3 is 1. The van der Waals surface area contributed by atoms with Crippen LogP contribution in [0.1, 0.15) is 18.9 Å². The van der Waals surface area contributed by atoms with Gasteiger partial charge in [-0.3, -0.25) is 9.59 Å². The number of benzene rings is 1. The average Bonchev–Trinajstić information content (AvgIpc) is 2.51. The summed E-state index contributed by atoms with van der Waals surface area (Å²) in [4.78, 5) is 22.3. The monoisotopic (exact) mass is 321 g/mol. The summed E-state index contributed by atoms with van der Waals surface area (Å²) in [5.74, 6) is -0.290. The van der Waals surface area contributed by atoms with Crippen molar-refractivity contribution in [2.75, 3.05) is 20.3 Å². The number of allylic oxidation sites excluding steroid dienone is 1. The van der Waals surface area contributed by atoms with Crippen LogP contribution < -0.4 is 14.8 Å². The summed E-state index contributed by atoms with van der Waals surface area (Å²) < 4.78 is 10.7. The minimum Gasteiger partial charge on any atom is -0.493 e. The average molecular weight is 321 g/mol. The van der Waals surface area contributed by atoms with Crippen molar-refractivity contribution in [1.82, 2.24) is 5.32 Å². The number of carboxylic acid groups (broad SMARTS) is 1. The van der Waals surface area contributed by atoms with Gasteiger partial charge in [-0.2, -0.15) is 0 Å². The topological polar surface area (TPSA) is 84.9 Å². The standard InChI is InChI=1S/C17H23NO5/c1-4-5-13-6-7-14(15(9-13)22-3)23-11-16(19)18-10-12(2)8-17(20)21/h4,6-7,9,12H,1,5,8,10-11H2,2-3H3,(H,18,19)(H,20,21). The number of carboxylic acids is 1. The quantitative estimate of drug-likeness (QED) is 0.644. The third-order valence-electron chi connectivity index (χ3n) is 3.14. The lowest BCUT2D eigenvalue weighted by molar-refractivity contribution is -0.138. The Morgan fingerprint density at radius 3 is 2.74 bits per heavy atom. The second kappa shape index (κ2) is 9.50. The van der Waals surface area contributed by atoms with E-state index in [0.29, 0.717) is 18.0 Å². The zero-order chi connectivity index (χ0) is 17.2. The molecule has 0 aliphatic rings. The third kappa shape index (κ3) is 6.86. The normalized spacial score (nSPS) is 11.4. The van der Waals surface area contributed by atoms with E-state index in [1.165, 1.54) is 7.11 Å². The van der Waals surface area contributed by atoms with Crippen LogP contribution in [0, 0.1) is 5.92 Å². The molecular weight excluding hydrogens is 298 g/mol. The second-order valence-electron chi connectivity index (χ2n) is 5.27. The lowest BCUT2D eigenvalue weighted by atomic mass is 10.1. The van der Waals surface area contributed by atoms with Crippen molar-refractivity contribution < 1.29 is 24.2 Å². The van der Waals surface area contributed by atoms with Crippen molar-refractivity contribution in [3.63, 3.8) is 0 Å². The van der Waals surface area contributed by atoms with E-state index in [1.54, 1.807) is 19.1 Å². The second-order valence-corrected chi connectivity index (χ2v) is 5.27. The summed E-state index contributed by atoms with van der Waals surface area (Å²) in [5, 5.41) is 11.3. The largest absolute Gasteiger partial charge is 0.493 e. The van der Waals surface area contributed by atoms with Crippen LogP contribution in [0.4, 0.5) is 0 Å². The van der Waals surface area contributed by atoms with Gasteiger partial charge in [-0.05, 0) is 30.0 Å². The summed E-state index contributed by atoms with van der Waals surface area (Å²) in [6.45, 7) is 5.58. The third-order valence-corrected chi connectivity index (χ3v) is 3.14. The fourth-order valence-electron chi connectivity index (χ4n) is 1.98. The maximum absolute atomic E-state index is 11.7. The molecule has 126 valence electrons. The minimum atomic E-state index is -0.882. The molecule has 1 amide bonds. The first kappa shape index (κ1) is 18.5.